The second kappa shape index (κ2) is 5.85. The molecular formula is C14H21N5O2. The summed E-state index contributed by atoms with van der Waals surface area (Å²) in [6.07, 6.45) is 6.02. The third kappa shape index (κ3) is 3.07. The lowest BCUT2D eigenvalue weighted by molar-refractivity contribution is -0.129. The first-order valence-corrected chi connectivity index (χ1v) is 7.45. The van der Waals surface area contributed by atoms with Crippen LogP contribution in [0.5, 0.6) is 0 Å². The number of nitrogens with zero attached hydrogens (tertiary/aromatic N) is 4. The van der Waals surface area contributed by atoms with Crippen molar-refractivity contribution in [1.82, 2.24) is 24.9 Å². The van der Waals surface area contributed by atoms with Crippen molar-refractivity contribution in [3.63, 3.8) is 0 Å². The number of aromatic nitrogens is 2. The second-order valence-corrected chi connectivity index (χ2v) is 5.78. The number of imide groups is 1. The highest BCUT2D eigenvalue weighted by Gasteiger charge is 2.31. The van der Waals surface area contributed by atoms with Crippen LogP contribution in [0.4, 0.5) is 4.79 Å². The minimum atomic E-state index is -0.265. The maximum absolute atomic E-state index is 12.2. The summed E-state index contributed by atoms with van der Waals surface area (Å²) >= 11 is 0. The largest absolute Gasteiger partial charge is 0.336 e. The molecule has 3 rings (SSSR count). The molecule has 3 heterocycles. The van der Waals surface area contributed by atoms with Gasteiger partial charge in [-0.15, -0.1) is 0 Å². The van der Waals surface area contributed by atoms with E-state index in [0.717, 1.165) is 31.5 Å². The molecule has 3 amide bonds. The van der Waals surface area contributed by atoms with Gasteiger partial charge in [0.25, 0.3) is 0 Å². The van der Waals surface area contributed by atoms with E-state index < -0.39 is 0 Å². The zero-order chi connectivity index (χ0) is 14.8. The summed E-state index contributed by atoms with van der Waals surface area (Å²) in [6.45, 7) is 5.08. The van der Waals surface area contributed by atoms with Gasteiger partial charge in [0.2, 0.25) is 5.91 Å². The molecule has 1 N–H and O–H groups in total. The summed E-state index contributed by atoms with van der Waals surface area (Å²) in [4.78, 5) is 27.2. The fourth-order valence-corrected chi connectivity index (χ4v) is 3.06. The van der Waals surface area contributed by atoms with E-state index in [1.54, 1.807) is 0 Å². The van der Waals surface area contributed by atoms with Crippen LogP contribution in [0.3, 0.4) is 0 Å². The summed E-state index contributed by atoms with van der Waals surface area (Å²) in [5, 5.41) is 6.98. The highest BCUT2D eigenvalue weighted by molar-refractivity contribution is 5.96. The fraction of sp³-hybridized carbons (Fsp3) is 0.643. The Balaban J connectivity index is 1.59. The van der Waals surface area contributed by atoms with Crippen molar-refractivity contribution in [2.45, 2.75) is 32.4 Å². The molecule has 0 aliphatic carbocycles. The van der Waals surface area contributed by atoms with Gasteiger partial charge in [-0.2, -0.15) is 5.10 Å². The molecule has 7 heteroatoms. The van der Waals surface area contributed by atoms with Gasteiger partial charge in [-0.3, -0.25) is 19.3 Å². The van der Waals surface area contributed by atoms with Gasteiger partial charge in [0, 0.05) is 25.3 Å². The highest BCUT2D eigenvalue weighted by atomic mass is 16.2. The van der Waals surface area contributed by atoms with Gasteiger partial charge in [-0.05, 0) is 31.9 Å². The van der Waals surface area contributed by atoms with Crippen LogP contribution >= 0.6 is 0 Å². The average Bonchev–Trinajstić information content (AvgIpc) is 3.14. The fourth-order valence-electron chi connectivity index (χ4n) is 3.06. The van der Waals surface area contributed by atoms with Crippen LogP contribution in [0.25, 0.3) is 0 Å². The molecule has 114 valence electrons. The maximum atomic E-state index is 12.2. The third-order valence-electron chi connectivity index (χ3n) is 4.16. The minimum Gasteiger partial charge on any atom is -0.336 e. The number of hydrogen-bond acceptors (Lipinski definition) is 4. The van der Waals surface area contributed by atoms with Gasteiger partial charge in [0.15, 0.2) is 0 Å². The molecule has 21 heavy (non-hydrogen) atoms. The quantitative estimate of drug-likeness (QED) is 0.861. The first-order valence-electron chi connectivity index (χ1n) is 7.45. The van der Waals surface area contributed by atoms with Gasteiger partial charge in [-0.25, -0.2) is 4.79 Å². The number of urea groups is 1. The van der Waals surface area contributed by atoms with Crippen molar-refractivity contribution in [2.24, 2.45) is 0 Å². The molecule has 0 bridgehead atoms. The van der Waals surface area contributed by atoms with Gasteiger partial charge in [0.05, 0.1) is 19.3 Å². The Hall–Kier alpha value is -1.89. The van der Waals surface area contributed by atoms with E-state index in [2.05, 4.69) is 15.3 Å². The molecule has 1 unspecified atom stereocenters. The highest BCUT2D eigenvalue weighted by Crippen LogP contribution is 2.19. The number of aryl methyl sites for hydroxylation is 1. The van der Waals surface area contributed by atoms with E-state index in [4.69, 9.17) is 0 Å². The van der Waals surface area contributed by atoms with Gasteiger partial charge >= 0.3 is 6.03 Å². The normalized spacial score (nSPS) is 22.8. The third-order valence-corrected chi connectivity index (χ3v) is 4.16. The van der Waals surface area contributed by atoms with E-state index in [1.807, 2.05) is 24.0 Å². The second-order valence-electron chi connectivity index (χ2n) is 5.78. The topological polar surface area (TPSA) is 70.5 Å². The van der Waals surface area contributed by atoms with Crippen LogP contribution < -0.4 is 5.32 Å². The molecule has 2 aliphatic heterocycles. The first kappa shape index (κ1) is 14.1. The van der Waals surface area contributed by atoms with Crippen molar-refractivity contribution >= 4 is 11.9 Å². The van der Waals surface area contributed by atoms with Crippen LogP contribution in [-0.4, -0.2) is 63.7 Å². The molecular weight excluding hydrogens is 270 g/mol. The SMILES string of the molecule is Cc1cnn(CC2CCCN2CC(=O)N2CCNC2=O)c1. The molecule has 0 radical (unpaired) electrons. The van der Waals surface area contributed by atoms with Crippen molar-refractivity contribution in [1.29, 1.82) is 0 Å². The van der Waals surface area contributed by atoms with Crippen LogP contribution in [0.2, 0.25) is 0 Å². The zero-order valence-corrected chi connectivity index (χ0v) is 12.3. The molecule has 0 saturated carbocycles. The summed E-state index contributed by atoms with van der Waals surface area (Å²) in [5.74, 6) is -0.103. The Morgan fingerprint density at radius 1 is 1.48 bits per heavy atom. The lowest BCUT2D eigenvalue weighted by Gasteiger charge is -2.25. The number of hydrogen-bond donors (Lipinski definition) is 1. The molecule has 0 spiro atoms. The monoisotopic (exact) mass is 291 g/mol. The number of rotatable bonds is 4. The molecule has 1 aromatic heterocycles. The van der Waals surface area contributed by atoms with E-state index in [9.17, 15) is 9.59 Å². The number of nitrogens with one attached hydrogen (secondary N) is 1. The Labute approximate surface area is 123 Å². The average molecular weight is 291 g/mol. The maximum Gasteiger partial charge on any atom is 0.324 e. The van der Waals surface area contributed by atoms with Crippen molar-refractivity contribution in [2.75, 3.05) is 26.2 Å². The molecule has 1 aromatic rings. The number of carbonyl (C=O) groups excluding carboxylic acids is 2. The minimum absolute atomic E-state index is 0.103. The van der Waals surface area contributed by atoms with E-state index >= 15 is 0 Å². The molecule has 7 nitrogen and oxygen atoms in total. The van der Waals surface area contributed by atoms with Crippen molar-refractivity contribution < 1.29 is 9.59 Å². The van der Waals surface area contributed by atoms with E-state index in [0.29, 0.717) is 25.7 Å². The summed E-state index contributed by atoms with van der Waals surface area (Å²) < 4.78 is 1.94. The lowest BCUT2D eigenvalue weighted by atomic mass is 10.2. The Bertz CT molecular complexity index is 541. The van der Waals surface area contributed by atoms with Crippen molar-refractivity contribution in [3.05, 3.63) is 18.0 Å². The number of carbonyl (C=O) groups is 2. The van der Waals surface area contributed by atoms with Crippen LogP contribution in [0.15, 0.2) is 12.4 Å². The van der Waals surface area contributed by atoms with Gasteiger partial charge in [-0.1, -0.05) is 0 Å². The first-order chi connectivity index (χ1) is 10.1. The molecule has 2 fully saturated rings. The zero-order valence-electron chi connectivity index (χ0n) is 12.3. The molecule has 2 saturated heterocycles. The molecule has 2 aliphatic rings. The van der Waals surface area contributed by atoms with Crippen molar-refractivity contribution in [3.8, 4) is 0 Å². The van der Waals surface area contributed by atoms with E-state index in [-0.39, 0.29) is 11.9 Å². The predicted octanol–water partition coefficient (Wildman–Crippen LogP) is 0.208. The standard InChI is InChI=1S/C14H21N5O2/c1-11-7-16-18(8-11)9-12-3-2-5-17(12)10-13(20)19-6-4-15-14(19)21/h7-8,12H,2-6,9-10H2,1H3,(H,15,21). The molecule has 0 aromatic carbocycles. The predicted molar refractivity (Wildman–Crippen MR) is 76.7 cm³/mol. The summed E-state index contributed by atoms with van der Waals surface area (Å²) in [6, 6.07) is 0.0531. The number of amides is 3. The Kier molecular flexibility index (Phi) is 3.92. The lowest BCUT2D eigenvalue weighted by Crippen LogP contribution is -2.44. The smallest absolute Gasteiger partial charge is 0.324 e. The Morgan fingerprint density at radius 2 is 2.33 bits per heavy atom. The van der Waals surface area contributed by atoms with Gasteiger partial charge in [0.1, 0.15) is 0 Å². The van der Waals surface area contributed by atoms with Crippen LogP contribution in [0.1, 0.15) is 18.4 Å². The van der Waals surface area contributed by atoms with E-state index in [1.165, 1.54) is 4.90 Å². The molecule has 1 atom stereocenters. The summed E-state index contributed by atoms with van der Waals surface area (Å²) in [7, 11) is 0. The van der Waals surface area contributed by atoms with Crippen LogP contribution in [-0.2, 0) is 11.3 Å². The van der Waals surface area contributed by atoms with Crippen LogP contribution in [0, 0.1) is 6.92 Å². The summed E-state index contributed by atoms with van der Waals surface area (Å²) in [5.41, 5.74) is 1.14. The number of likely N-dealkylation sites (tertiary alicyclic amines) is 1. The Morgan fingerprint density at radius 3 is 3.00 bits per heavy atom. The van der Waals surface area contributed by atoms with Gasteiger partial charge < -0.3 is 5.32 Å².